The van der Waals surface area contributed by atoms with E-state index < -0.39 is 0 Å². The van der Waals surface area contributed by atoms with Crippen LogP contribution in [0.25, 0.3) is 20.2 Å². The van der Waals surface area contributed by atoms with E-state index in [9.17, 15) is 0 Å². The molecule has 9 aromatic rings. The van der Waals surface area contributed by atoms with Gasteiger partial charge in [0, 0.05) is 60.0 Å². The van der Waals surface area contributed by atoms with Crippen LogP contribution in [0.1, 0.15) is 132 Å². The molecule has 5 heteroatoms. The number of hydrogen-bond acceptors (Lipinski definition) is 4. The maximum Gasteiger partial charge on any atom is 0.252 e. The first-order valence-electron chi connectivity index (χ1n) is 26.5. The lowest BCUT2D eigenvalue weighted by Gasteiger charge is -2.46. The molecule has 0 N–H and O–H groups in total. The minimum atomic E-state index is -0.0737. The summed E-state index contributed by atoms with van der Waals surface area (Å²) in [6, 6.07) is 63.7. The van der Waals surface area contributed by atoms with Gasteiger partial charge in [-0.2, -0.15) is 0 Å². The van der Waals surface area contributed by atoms with Crippen molar-refractivity contribution in [3.63, 3.8) is 0 Å². The molecule has 3 heterocycles. The molecule has 0 unspecified atom stereocenters. The van der Waals surface area contributed by atoms with Crippen LogP contribution in [0.15, 0.2) is 164 Å². The second kappa shape index (κ2) is 17.0. The Morgan fingerprint density at radius 2 is 0.822 bits per heavy atom. The smallest absolute Gasteiger partial charge is 0.252 e. The third kappa shape index (κ3) is 8.37. The molecule has 0 radical (unpaired) electrons. The van der Waals surface area contributed by atoms with E-state index >= 15 is 0 Å². The van der Waals surface area contributed by atoms with Crippen molar-refractivity contribution in [1.82, 2.24) is 0 Å². The van der Waals surface area contributed by atoms with Gasteiger partial charge in [-0.3, -0.25) is 0 Å². The Morgan fingerprint density at radius 1 is 0.384 bits per heavy atom. The van der Waals surface area contributed by atoms with Gasteiger partial charge in [0.05, 0.1) is 11.4 Å². The highest BCUT2D eigenvalue weighted by atomic mass is 32.1. The Bertz CT molecular complexity index is 3510. The van der Waals surface area contributed by atoms with E-state index in [1.807, 2.05) is 11.3 Å². The summed E-state index contributed by atoms with van der Waals surface area (Å²) in [5.74, 6) is 0. The fraction of sp³-hybridized carbons (Fsp3) is 0.294. The first-order valence-corrected chi connectivity index (χ1v) is 27.3. The Kier molecular flexibility index (Phi) is 11.3. The number of rotatable bonds is 5. The molecule has 2 aliphatic rings. The molecule has 3 nitrogen and oxygen atoms in total. The highest BCUT2D eigenvalue weighted by molar-refractivity contribution is 7.26. The topological polar surface area (TPSA) is 9.72 Å². The van der Waals surface area contributed by atoms with Gasteiger partial charge in [0.1, 0.15) is 0 Å². The van der Waals surface area contributed by atoms with Crippen molar-refractivity contribution in [1.29, 1.82) is 0 Å². The lowest BCUT2D eigenvalue weighted by atomic mass is 9.33. The molecule has 0 atom stereocenters. The van der Waals surface area contributed by atoms with E-state index in [-0.39, 0.29) is 33.8 Å². The molecule has 0 fully saturated rings. The molecule has 0 saturated heterocycles. The Morgan fingerprint density at radius 3 is 1.32 bits per heavy atom. The second-order valence-electron chi connectivity index (χ2n) is 26.0. The number of hydrogen-bond donors (Lipinski definition) is 0. The van der Waals surface area contributed by atoms with Gasteiger partial charge >= 0.3 is 0 Å². The summed E-state index contributed by atoms with van der Waals surface area (Å²) in [5.41, 5.74) is 21.2. The van der Waals surface area contributed by atoms with E-state index in [1.54, 1.807) is 0 Å². The minimum Gasteiger partial charge on any atom is -0.311 e. The normalized spacial score (nSPS) is 13.9. The molecular weight excluding hydrogens is 902 g/mol. The standard InChI is InChI=1S/C68H72BN3S/c1-64(2,3)43-23-32-48(33-24-43)70(49-34-25-44(26-35-49)65(4,5)6)63-60-52-19-16-17-22-58(52)73-59(60)42-54-62(63)72(51-38-29-46(30-39-51)67(10,11)12)57-21-18-20-56-61(57)69(54)53-41-47(68(13,14)15)31-40-55(53)71(56)50-36-27-45(28-37-50)66(7,8)9/h16-42H,1-15H3. The van der Waals surface area contributed by atoms with Crippen molar-refractivity contribution in [2.24, 2.45) is 0 Å². The van der Waals surface area contributed by atoms with Crippen LogP contribution in [0.3, 0.4) is 0 Å². The predicted molar refractivity (Wildman–Crippen MR) is 322 cm³/mol. The summed E-state index contributed by atoms with van der Waals surface area (Å²) in [7, 11) is 0. The van der Waals surface area contributed by atoms with Crippen LogP contribution in [-0.2, 0) is 27.1 Å². The van der Waals surface area contributed by atoms with Gasteiger partial charge in [0.15, 0.2) is 0 Å². The quantitative estimate of drug-likeness (QED) is 0.159. The number of anilines is 9. The lowest BCUT2D eigenvalue weighted by molar-refractivity contribution is 0.590. The first-order chi connectivity index (χ1) is 34.4. The highest BCUT2D eigenvalue weighted by Crippen LogP contribution is 2.55. The van der Waals surface area contributed by atoms with E-state index in [0.717, 1.165) is 17.1 Å². The number of benzene rings is 8. The highest BCUT2D eigenvalue weighted by Gasteiger charge is 2.46. The molecule has 0 amide bonds. The minimum absolute atomic E-state index is 0.000678. The maximum atomic E-state index is 2.64. The zero-order valence-corrected chi connectivity index (χ0v) is 46.7. The zero-order valence-electron chi connectivity index (χ0n) is 45.9. The average Bonchev–Trinajstić information content (AvgIpc) is 3.71. The number of thiophene rings is 1. The molecule has 73 heavy (non-hydrogen) atoms. The summed E-state index contributed by atoms with van der Waals surface area (Å²) in [6.45, 7) is 34.7. The summed E-state index contributed by atoms with van der Waals surface area (Å²) in [5, 5.41) is 2.55. The van der Waals surface area contributed by atoms with Gasteiger partial charge in [0.2, 0.25) is 0 Å². The molecule has 0 spiro atoms. The van der Waals surface area contributed by atoms with Gasteiger partial charge in [-0.1, -0.05) is 189 Å². The third-order valence-electron chi connectivity index (χ3n) is 15.6. The van der Waals surface area contributed by atoms with Crippen LogP contribution in [-0.4, -0.2) is 6.71 Å². The summed E-state index contributed by atoms with van der Waals surface area (Å²) in [4.78, 5) is 7.79. The van der Waals surface area contributed by atoms with E-state index in [0.29, 0.717) is 0 Å². The summed E-state index contributed by atoms with van der Waals surface area (Å²) < 4.78 is 2.57. The van der Waals surface area contributed by atoms with Crippen LogP contribution in [0.2, 0.25) is 0 Å². The average molecular weight is 974 g/mol. The van der Waals surface area contributed by atoms with Crippen LogP contribution < -0.4 is 31.1 Å². The molecular formula is C68H72BN3S. The maximum absolute atomic E-state index is 2.64. The van der Waals surface area contributed by atoms with Crippen LogP contribution >= 0.6 is 11.3 Å². The largest absolute Gasteiger partial charge is 0.311 e. The molecule has 0 saturated carbocycles. The fourth-order valence-corrected chi connectivity index (χ4v) is 12.5. The van der Waals surface area contributed by atoms with Crippen molar-refractivity contribution < 1.29 is 0 Å². The molecule has 8 aromatic carbocycles. The SMILES string of the molecule is CC(C)(C)c1ccc(N2c3ccc(C(C)(C)C)cc3B3c4cc5sc6ccccc6c5c(N(c5ccc(C(C)(C)C)cc5)c5ccc(C(C)(C)C)cc5)c4N(c4ccc(C(C)(C)C)cc4)c4cccc2c43)cc1. The molecule has 2 aliphatic heterocycles. The Hall–Kier alpha value is -6.56. The summed E-state index contributed by atoms with van der Waals surface area (Å²) in [6.07, 6.45) is 0. The van der Waals surface area contributed by atoms with E-state index in [1.165, 1.54) is 98.5 Å². The predicted octanol–water partition coefficient (Wildman–Crippen LogP) is 18.1. The number of nitrogens with zero attached hydrogens (tertiary/aromatic N) is 3. The Labute approximate surface area is 440 Å². The molecule has 0 bridgehead atoms. The first kappa shape index (κ1) is 48.7. The lowest BCUT2D eigenvalue weighted by Crippen LogP contribution is -2.61. The van der Waals surface area contributed by atoms with Gasteiger partial charge in [-0.15, -0.1) is 11.3 Å². The monoisotopic (exact) mass is 974 g/mol. The van der Waals surface area contributed by atoms with Crippen LogP contribution in [0, 0.1) is 0 Å². The Balaban J connectivity index is 1.31. The molecule has 1 aromatic heterocycles. The van der Waals surface area contributed by atoms with Crippen LogP contribution in [0.5, 0.6) is 0 Å². The number of fused-ring (bicyclic) bond motifs is 7. The van der Waals surface area contributed by atoms with Gasteiger partial charge < -0.3 is 14.7 Å². The third-order valence-corrected chi connectivity index (χ3v) is 16.8. The van der Waals surface area contributed by atoms with Crippen LogP contribution in [0.4, 0.5) is 51.2 Å². The second-order valence-corrected chi connectivity index (χ2v) is 27.1. The van der Waals surface area contributed by atoms with Gasteiger partial charge in [-0.25, -0.2) is 0 Å². The molecule has 368 valence electrons. The summed E-state index contributed by atoms with van der Waals surface area (Å²) >= 11 is 1.92. The van der Waals surface area contributed by atoms with E-state index in [2.05, 4.69) is 282 Å². The van der Waals surface area contributed by atoms with Crippen molar-refractivity contribution >= 4 is 106 Å². The zero-order chi connectivity index (χ0) is 51.7. The molecule has 0 aliphatic carbocycles. The van der Waals surface area contributed by atoms with Crippen molar-refractivity contribution in [2.75, 3.05) is 14.7 Å². The van der Waals surface area contributed by atoms with E-state index in [4.69, 9.17) is 0 Å². The van der Waals surface area contributed by atoms with Crippen molar-refractivity contribution in [3.05, 3.63) is 192 Å². The van der Waals surface area contributed by atoms with Gasteiger partial charge in [0.25, 0.3) is 6.71 Å². The van der Waals surface area contributed by atoms with Crippen molar-refractivity contribution in [3.8, 4) is 0 Å². The van der Waals surface area contributed by atoms with Crippen molar-refractivity contribution in [2.45, 2.75) is 131 Å². The molecule has 11 rings (SSSR count). The fourth-order valence-electron chi connectivity index (χ4n) is 11.4. The van der Waals surface area contributed by atoms with Gasteiger partial charge in [-0.05, 0) is 150 Å².